The van der Waals surface area contributed by atoms with Gasteiger partial charge < -0.3 is 4.57 Å². The van der Waals surface area contributed by atoms with Crippen molar-refractivity contribution in [3.05, 3.63) is 65.1 Å². The van der Waals surface area contributed by atoms with Crippen molar-refractivity contribution in [2.24, 2.45) is 0 Å². The van der Waals surface area contributed by atoms with Crippen LogP contribution in [0.4, 0.5) is 0 Å². The minimum absolute atomic E-state index is 0.206. The van der Waals surface area contributed by atoms with Crippen LogP contribution in [0.1, 0.15) is 22.5 Å². The Morgan fingerprint density at radius 2 is 2.11 bits per heavy atom. The maximum absolute atomic E-state index is 12.3. The molecule has 1 aliphatic carbocycles. The summed E-state index contributed by atoms with van der Waals surface area (Å²) in [6, 6.07) is 13.5. The summed E-state index contributed by atoms with van der Waals surface area (Å²) in [5.74, 6) is 0. The molecule has 0 fully saturated rings. The van der Waals surface area contributed by atoms with Crippen LogP contribution in [0.25, 0.3) is 10.9 Å². The largest absolute Gasteiger partial charge is 0.338 e. The van der Waals surface area contributed by atoms with E-state index in [4.69, 9.17) is 0 Å². The van der Waals surface area contributed by atoms with Gasteiger partial charge in [0.15, 0.2) is 0 Å². The summed E-state index contributed by atoms with van der Waals surface area (Å²) in [5.41, 5.74) is 4.78. The zero-order valence-corrected chi connectivity index (χ0v) is 16.6. The molecule has 7 nitrogen and oxygen atoms in total. The van der Waals surface area contributed by atoms with Crippen molar-refractivity contribution in [3.8, 4) is 6.07 Å². The first-order valence-electron chi connectivity index (χ1n) is 9.03. The molecule has 1 unspecified atom stereocenters. The van der Waals surface area contributed by atoms with Crippen molar-refractivity contribution in [1.29, 1.82) is 5.26 Å². The van der Waals surface area contributed by atoms with Gasteiger partial charge in [-0.2, -0.15) is 22.7 Å². The molecule has 0 spiro atoms. The van der Waals surface area contributed by atoms with E-state index in [-0.39, 0.29) is 6.04 Å². The third-order valence-electron chi connectivity index (χ3n) is 5.15. The second kappa shape index (κ2) is 7.02. The molecule has 0 aliphatic heterocycles. The van der Waals surface area contributed by atoms with Crippen LogP contribution >= 0.6 is 0 Å². The fraction of sp³-hybridized carbons (Fsp3) is 0.300. The highest BCUT2D eigenvalue weighted by Gasteiger charge is 2.31. The number of fused-ring (bicyclic) bond motifs is 3. The van der Waals surface area contributed by atoms with Crippen LogP contribution in [0.5, 0.6) is 0 Å². The number of nitrogens with zero attached hydrogens (tertiary/aromatic N) is 4. The number of hydrogen-bond acceptors (Lipinski definition) is 4. The highest BCUT2D eigenvalue weighted by molar-refractivity contribution is 7.87. The standard InChI is InChI=1S/C20H21N5O2S/c1-24(2)28(26,27)23-16-10-18-17-9-14(12-21)6-7-19(17)25(20(18)11-16)13-15-5-3-4-8-22-15/h3-9,16,23H,10-11,13H2,1-2H3. The van der Waals surface area contributed by atoms with Gasteiger partial charge in [0, 0.05) is 49.4 Å². The van der Waals surface area contributed by atoms with Crippen LogP contribution in [0.2, 0.25) is 0 Å². The van der Waals surface area contributed by atoms with E-state index in [0.29, 0.717) is 24.9 Å². The predicted octanol–water partition coefficient (Wildman–Crippen LogP) is 1.82. The molecule has 3 aromatic rings. The number of aromatic nitrogens is 2. The summed E-state index contributed by atoms with van der Waals surface area (Å²) in [5, 5.41) is 10.3. The summed E-state index contributed by atoms with van der Waals surface area (Å²) >= 11 is 0. The Balaban J connectivity index is 1.77. The van der Waals surface area contributed by atoms with E-state index in [1.165, 1.54) is 18.4 Å². The van der Waals surface area contributed by atoms with E-state index in [9.17, 15) is 13.7 Å². The van der Waals surface area contributed by atoms with Crippen LogP contribution < -0.4 is 4.72 Å². The highest BCUT2D eigenvalue weighted by Crippen LogP contribution is 2.34. The molecule has 0 radical (unpaired) electrons. The Bertz CT molecular complexity index is 1180. The van der Waals surface area contributed by atoms with E-state index in [1.54, 1.807) is 6.20 Å². The predicted molar refractivity (Wildman–Crippen MR) is 107 cm³/mol. The molecule has 144 valence electrons. The number of nitrogens with one attached hydrogen (secondary N) is 1. The number of rotatable bonds is 5. The molecule has 1 aromatic carbocycles. The molecule has 8 heteroatoms. The molecule has 0 saturated heterocycles. The number of pyridine rings is 1. The minimum atomic E-state index is -3.51. The molecule has 1 atom stereocenters. The molecule has 0 saturated carbocycles. The van der Waals surface area contributed by atoms with Crippen molar-refractivity contribution >= 4 is 21.1 Å². The smallest absolute Gasteiger partial charge is 0.279 e. The van der Waals surface area contributed by atoms with Crippen LogP contribution in [-0.4, -0.2) is 42.4 Å². The first-order valence-corrected chi connectivity index (χ1v) is 10.5. The van der Waals surface area contributed by atoms with Crippen molar-refractivity contribution in [1.82, 2.24) is 18.6 Å². The van der Waals surface area contributed by atoms with E-state index >= 15 is 0 Å². The van der Waals surface area contributed by atoms with E-state index in [0.717, 1.165) is 27.9 Å². The Labute approximate surface area is 164 Å². The zero-order chi connectivity index (χ0) is 19.9. The second-order valence-electron chi connectivity index (χ2n) is 7.19. The van der Waals surface area contributed by atoms with Gasteiger partial charge in [0.25, 0.3) is 10.2 Å². The van der Waals surface area contributed by atoms with Gasteiger partial charge in [-0.05, 0) is 42.3 Å². The lowest BCUT2D eigenvalue weighted by molar-refractivity contribution is 0.487. The van der Waals surface area contributed by atoms with E-state index < -0.39 is 10.2 Å². The lowest BCUT2D eigenvalue weighted by atomic mass is 10.1. The van der Waals surface area contributed by atoms with Crippen molar-refractivity contribution in [2.45, 2.75) is 25.4 Å². The third kappa shape index (κ3) is 3.29. The second-order valence-corrected chi connectivity index (χ2v) is 9.10. The lowest BCUT2D eigenvalue weighted by Gasteiger charge is -2.18. The van der Waals surface area contributed by atoms with Crippen molar-refractivity contribution < 1.29 is 8.42 Å². The monoisotopic (exact) mass is 395 g/mol. The van der Waals surface area contributed by atoms with Gasteiger partial charge in [-0.25, -0.2) is 0 Å². The molecule has 2 heterocycles. The van der Waals surface area contributed by atoms with E-state index in [2.05, 4.69) is 20.3 Å². The average molecular weight is 395 g/mol. The summed E-state index contributed by atoms with van der Waals surface area (Å²) in [7, 11) is -0.477. The van der Waals surface area contributed by atoms with Gasteiger partial charge in [0.1, 0.15) is 0 Å². The fourth-order valence-corrected chi connectivity index (χ4v) is 4.59. The Hall–Kier alpha value is -2.73. The van der Waals surface area contributed by atoms with Gasteiger partial charge in [0.2, 0.25) is 0 Å². The van der Waals surface area contributed by atoms with Crippen LogP contribution in [-0.2, 0) is 29.6 Å². The molecule has 2 aromatic heterocycles. The van der Waals surface area contributed by atoms with Crippen molar-refractivity contribution in [3.63, 3.8) is 0 Å². The normalized spacial score (nSPS) is 16.4. The van der Waals surface area contributed by atoms with Crippen LogP contribution in [0, 0.1) is 11.3 Å². The van der Waals surface area contributed by atoms with Crippen LogP contribution in [0.15, 0.2) is 42.6 Å². The summed E-state index contributed by atoms with van der Waals surface area (Å²) in [4.78, 5) is 4.43. The van der Waals surface area contributed by atoms with Gasteiger partial charge in [-0.15, -0.1) is 0 Å². The summed E-state index contributed by atoms with van der Waals surface area (Å²) in [6.45, 7) is 0.603. The highest BCUT2D eigenvalue weighted by atomic mass is 32.2. The SMILES string of the molecule is CN(C)S(=O)(=O)NC1Cc2c(n(Cc3ccccn3)c3ccc(C#N)cc23)C1. The topological polar surface area (TPSA) is 91.0 Å². The molecular weight excluding hydrogens is 374 g/mol. The van der Waals surface area contributed by atoms with Gasteiger partial charge >= 0.3 is 0 Å². The van der Waals surface area contributed by atoms with Gasteiger partial charge in [-0.3, -0.25) is 4.98 Å². The maximum atomic E-state index is 12.3. The molecule has 1 aliphatic rings. The first-order chi connectivity index (χ1) is 13.4. The average Bonchev–Trinajstić information content (AvgIpc) is 3.19. The Kier molecular flexibility index (Phi) is 4.67. The maximum Gasteiger partial charge on any atom is 0.279 e. The van der Waals surface area contributed by atoms with Crippen LogP contribution in [0.3, 0.4) is 0 Å². The molecule has 0 bridgehead atoms. The Morgan fingerprint density at radius 1 is 1.29 bits per heavy atom. The number of hydrogen-bond donors (Lipinski definition) is 1. The zero-order valence-electron chi connectivity index (χ0n) is 15.8. The molecule has 0 amide bonds. The first kappa shape index (κ1) is 18.6. The van der Waals surface area contributed by atoms with Gasteiger partial charge in [-0.1, -0.05) is 6.07 Å². The summed E-state index contributed by atoms with van der Waals surface area (Å²) < 4.78 is 30.7. The third-order valence-corrected chi connectivity index (χ3v) is 6.74. The van der Waals surface area contributed by atoms with Gasteiger partial charge in [0.05, 0.1) is 23.9 Å². The number of benzene rings is 1. The molecule has 28 heavy (non-hydrogen) atoms. The molecule has 1 N–H and O–H groups in total. The Morgan fingerprint density at radius 3 is 2.79 bits per heavy atom. The van der Waals surface area contributed by atoms with Crippen molar-refractivity contribution in [2.75, 3.05) is 14.1 Å². The molecule has 4 rings (SSSR count). The fourth-order valence-electron chi connectivity index (χ4n) is 3.79. The summed E-state index contributed by atoms with van der Waals surface area (Å²) in [6.07, 6.45) is 2.97. The quantitative estimate of drug-likeness (QED) is 0.713. The minimum Gasteiger partial charge on any atom is -0.338 e. The lowest BCUT2D eigenvalue weighted by Crippen LogP contribution is -2.42. The molecular formula is C20H21N5O2S. The van der Waals surface area contributed by atoms with E-state index in [1.807, 2.05) is 36.4 Å². The number of nitriles is 1.